The minimum atomic E-state index is -0.552. The van der Waals surface area contributed by atoms with Gasteiger partial charge in [0.25, 0.3) is 0 Å². The number of hydrogen-bond donors (Lipinski definition) is 2. The fraction of sp³-hybridized carbons (Fsp3) is 0.818. The van der Waals surface area contributed by atoms with Gasteiger partial charge in [0.05, 0.1) is 5.54 Å². The fourth-order valence-electron chi connectivity index (χ4n) is 3.63. The van der Waals surface area contributed by atoms with Gasteiger partial charge >= 0.3 is 6.09 Å². The van der Waals surface area contributed by atoms with E-state index in [1.807, 2.05) is 34.6 Å². The van der Waals surface area contributed by atoms with Gasteiger partial charge < -0.3 is 19.9 Å². The Morgan fingerprint density at radius 3 is 2.40 bits per heavy atom. The monoisotopic (exact) mass is 422 g/mol. The van der Waals surface area contributed by atoms with Crippen molar-refractivity contribution >= 4 is 12.0 Å². The van der Waals surface area contributed by atoms with Crippen molar-refractivity contribution in [2.45, 2.75) is 109 Å². The summed E-state index contributed by atoms with van der Waals surface area (Å²) in [7, 11) is 0. The molecule has 0 unspecified atom stereocenters. The van der Waals surface area contributed by atoms with E-state index in [9.17, 15) is 9.59 Å². The summed E-state index contributed by atoms with van der Waals surface area (Å²) < 4.78 is 10.7. The maximum absolute atomic E-state index is 12.4. The number of nitrogens with one attached hydrogen (secondary N) is 2. The molecular formula is C22H38N4O4. The molecule has 1 saturated carbocycles. The first-order valence-electron chi connectivity index (χ1n) is 11.2. The van der Waals surface area contributed by atoms with Gasteiger partial charge in [-0.15, -0.1) is 0 Å². The van der Waals surface area contributed by atoms with Gasteiger partial charge in [-0.2, -0.15) is 4.98 Å². The van der Waals surface area contributed by atoms with Crippen LogP contribution in [0.3, 0.4) is 0 Å². The van der Waals surface area contributed by atoms with Gasteiger partial charge in [0, 0.05) is 25.3 Å². The Bertz CT molecular complexity index is 686. The summed E-state index contributed by atoms with van der Waals surface area (Å²) in [6.45, 7) is 9.99. The van der Waals surface area contributed by atoms with Crippen LogP contribution in [0.25, 0.3) is 0 Å². The molecule has 1 fully saturated rings. The van der Waals surface area contributed by atoms with Crippen LogP contribution in [0.4, 0.5) is 4.79 Å². The summed E-state index contributed by atoms with van der Waals surface area (Å²) in [4.78, 5) is 29.1. The molecule has 0 saturated heterocycles. The third kappa shape index (κ3) is 8.32. The van der Waals surface area contributed by atoms with E-state index in [0.29, 0.717) is 37.5 Å². The molecule has 1 aromatic heterocycles. The number of amides is 2. The van der Waals surface area contributed by atoms with Crippen LogP contribution in [-0.2, 0) is 16.0 Å². The van der Waals surface area contributed by atoms with Gasteiger partial charge in [-0.05, 0) is 40.0 Å². The minimum absolute atomic E-state index is 0.0341. The number of aromatic nitrogens is 2. The topological polar surface area (TPSA) is 106 Å². The zero-order valence-electron chi connectivity index (χ0n) is 19.2. The number of carbonyl (C=O) groups excluding carboxylic acids is 2. The summed E-state index contributed by atoms with van der Waals surface area (Å²) in [5.41, 5.74) is -1.00. The van der Waals surface area contributed by atoms with Crippen molar-refractivity contribution in [3.8, 4) is 0 Å². The molecule has 0 aliphatic heterocycles. The maximum atomic E-state index is 12.4. The Hall–Kier alpha value is -2.12. The van der Waals surface area contributed by atoms with Crippen LogP contribution >= 0.6 is 0 Å². The van der Waals surface area contributed by atoms with E-state index >= 15 is 0 Å². The molecule has 0 bridgehead atoms. The summed E-state index contributed by atoms with van der Waals surface area (Å²) in [5.74, 6) is 1.45. The third-order valence-electron chi connectivity index (χ3n) is 5.25. The second-order valence-corrected chi connectivity index (χ2v) is 9.65. The van der Waals surface area contributed by atoms with Gasteiger partial charge in [0.15, 0.2) is 5.82 Å². The molecule has 0 atom stereocenters. The summed E-state index contributed by atoms with van der Waals surface area (Å²) >= 11 is 0. The Morgan fingerprint density at radius 1 is 1.17 bits per heavy atom. The van der Waals surface area contributed by atoms with Crippen molar-refractivity contribution in [3.05, 3.63) is 11.7 Å². The van der Waals surface area contributed by atoms with Crippen molar-refractivity contribution < 1.29 is 18.8 Å². The standard InChI is InChI=1S/C22H38N4O4/c1-16(2)19-24-18(30-26-19)12-10-11-17(27)23-15-22(13-8-6-7-9-14-22)25-20(28)29-21(3,4)5/h16H,6-15H2,1-5H3,(H,23,27)(H,25,28). The second kappa shape index (κ2) is 10.8. The smallest absolute Gasteiger partial charge is 0.408 e. The Kier molecular flexibility index (Phi) is 8.67. The number of nitrogens with zero attached hydrogens (tertiary/aromatic N) is 2. The number of ether oxygens (including phenoxy) is 1. The van der Waals surface area contributed by atoms with Crippen molar-refractivity contribution in [2.75, 3.05) is 6.54 Å². The maximum Gasteiger partial charge on any atom is 0.408 e. The number of alkyl carbamates (subject to hydrolysis) is 1. The van der Waals surface area contributed by atoms with E-state index in [1.165, 1.54) is 0 Å². The van der Waals surface area contributed by atoms with Gasteiger partial charge in [-0.1, -0.05) is 44.7 Å². The molecule has 1 aliphatic rings. The highest BCUT2D eigenvalue weighted by Crippen LogP contribution is 2.27. The average Bonchev–Trinajstić information content (AvgIpc) is 2.99. The molecule has 0 aromatic carbocycles. The first-order valence-corrected chi connectivity index (χ1v) is 11.2. The van der Waals surface area contributed by atoms with E-state index in [4.69, 9.17) is 9.26 Å². The van der Waals surface area contributed by atoms with Gasteiger partial charge in [-0.3, -0.25) is 4.79 Å². The average molecular weight is 423 g/mol. The molecule has 2 N–H and O–H groups in total. The first kappa shape index (κ1) is 24.2. The lowest BCUT2D eigenvalue weighted by molar-refractivity contribution is -0.121. The van der Waals surface area contributed by atoms with E-state index in [0.717, 1.165) is 38.5 Å². The van der Waals surface area contributed by atoms with Crippen LogP contribution < -0.4 is 10.6 Å². The normalized spacial score (nSPS) is 16.7. The van der Waals surface area contributed by atoms with Crippen LogP contribution in [0, 0.1) is 0 Å². The highest BCUT2D eigenvalue weighted by Gasteiger charge is 2.34. The predicted octanol–water partition coefficient (Wildman–Crippen LogP) is 4.25. The molecule has 0 spiro atoms. The largest absolute Gasteiger partial charge is 0.444 e. The fourth-order valence-corrected chi connectivity index (χ4v) is 3.63. The van der Waals surface area contributed by atoms with Crippen molar-refractivity contribution in [1.82, 2.24) is 20.8 Å². The summed E-state index contributed by atoms with van der Waals surface area (Å²) in [6, 6.07) is 0. The Balaban J connectivity index is 1.84. The molecule has 8 heteroatoms. The van der Waals surface area contributed by atoms with Gasteiger partial charge in [-0.25, -0.2) is 4.79 Å². The molecule has 1 aromatic rings. The number of carbonyl (C=O) groups is 2. The molecule has 8 nitrogen and oxygen atoms in total. The highest BCUT2D eigenvalue weighted by molar-refractivity contribution is 5.76. The van der Waals surface area contributed by atoms with Gasteiger partial charge in [0.2, 0.25) is 11.8 Å². The Labute approximate surface area is 179 Å². The second-order valence-electron chi connectivity index (χ2n) is 9.65. The predicted molar refractivity (Wildman–Crippen MR) is 114 cm³/mol. The summed E-state index contributed by atoms with van der Waals surface area (Å²) in [5, 5.41) is 10.0. The SMILES string of the molecule is CC(C)c1noc(CCCC(=O)NCC2(NC(=O)OC(C)(C)C)CCCCCC2)n1. The molecule has 2 amide bonds. The molecular weight excluding hydrogens is 384 g/mol. The van der Waals surface area contributed by atoms with Crippen LogP contribution in [0.2, 0.25) is 0 Å². The van der Waals surface area contributed by atoms with Crippen molar-refractivity contribution in [2.24, 2.45) is 0 Å². The van der Waals surface area contributed by atoms with Crippen molar-refractivity contribution in [1.29, 1.82) is 0 Å². The number of aryl methyl sites for hydroxylation is 1. The van der Waals surface area contributed by atoms with Crippen LogP contribution in [0.1, 0.15) is 104 Å². The first-order chi connectivity index (χ1) is 14.1. The molecule has 1 aliphatic carbocycles. The van der Waals surface area contributed by atoms with Crippen LogP contribution in [-0.4, -0.2) is 39.8 Å². The summed E-state index contributed by atoms with van der Waals surface area (Å²) in [6.07, 6.45) is 7.20. The molecule has 30 heavy (non-hydrogen) atoms. The van der Waals surface area contributed by atoms with E-state index < -0.39 is 17.2 Å². The third-order valence-corrected chi connectivity index (χ3v) is 5.25. The quantitative estimate of drug-likeness (QED) is 0.607. The highest BCUT2D eigenvalue weighted by atomic mass is 16.6. The van der Waals surface area contributed by atoms with Crippen molar-refractivity contribution in [3.63, 3.8) is 0 Å². The van der Waals surface area contributed by atoms with E-state index in [1.54, 1.807) is 0 Å². The number of hydrogen-bond acceptors (Lipinski definition) is 6. The molecule has 1 heterocycles. The molecule has 170 valence electrons. The van der Waals surface area contributed by atoms with Gasteiger partial charge in [0.1, 0.15) is 5.60 Å². The zero-order valence-corrected chi connectivity index (χ0v) is 19.2. The van der Waals surface area contributed by atoms with Crippen LogP contribution in [0.15, 0.2) is 4.52 Å². The lowest BCUT2D eigenvalue weighted by Crippen LogP contribution is -2.56. The molecule has 0 radical (unpaired) electrons. The molecule has 2 rings (SSSR count). The van der Waals surface area contributed by atoms with Crippen LogP contribution in [0.5, 0.6) is 0 Å². The minimum Gasteiger partial charge on any atom is -0.444 e. The van der Waals surface area contributed by atoms with E-state index in [-0.39, 0.29) is 11.8 Å². The van der Waals surface area contributed by atoms with E-state index in [2.05, 4.69) is 20.8 Å². The number of rotatable bonds is 8. The lowest BCUT2D eigenvalue weighted by atomic mass is 9.90. The lowest BCUT2D eigenvalue weighted by Gasteiger charge is -2.35. The zero-order chi connectivity index (χ0) is 22.2. The Morgan fingerprint density at radius 2 is 1.83 bits per heavy atom.